The molecule has 9 nitrogen and oxygen atoms in total. The number of nitrogens with one attached hydrogen (secondary N) is 1. The van der Waals surface area contributed by atoms with E-state index in [1.54, 1.807) is 36.9 Å². The van der Waals surface area contributed by atoms with E-state index >= 15 is 0 Å². The predicted molar refractivity (Wildman–Crippen MR) is 130 cm³/mol. The maximum atomic E-state index is 6.22. The van der Waals surface area contributed by atoms with Crippen molar-refractivity contribution < 1.29 is 9.47 Å². The van der Waals surface area contributed by atoms with Crippen molar-refractivity contribution in [2.45, 2.75) is 13.3 Å². The van der Waals surface area contributed by atoms with Crippen LogP contribution in [0.3, 0.4) is 0 Å². The van der Waals surface area contributed by atoms with Gasteiger partial charge in [-0.15, -0.1) is 0 Å². The largest absolute Gasteiger partial charge is 0.438 e. The van der Waals surface area contributed by atoms with Gasteiger partial charge < -0.3 is 14.5 Å². The summed E-state index contributed by atoms with van der Waals surface area (Å²) >= 11 is 3.66. The van der Waals surface area contributed by atoms with Crippen molar-refractivity contribution in [2.75, 3.05) is 0 Å². The number of fused-ring (bicyclic) bond motifs is 3. The molecule has 1 N–H and O–H groups in total. The van der Waals surface area contributed by atoms with Crippen molar-refractivity contribution in [3.8, 4) is 23.4 Å². The van der Waals surface area contributed by atoms with E-state index in [9.17, 15) is 0 Å². The van der Waals surface area contributed by atoms with E-state index in [-0.39, 0.29) is 6.01 Å². The van der Waals surface area contributed by atoms with Crippen LogP contribution in [-0.2, 0) is 6.42 Å². The van der Waals surface area contributed by atoms with Crippen LogP contribution in [0.1, 0.15) is 12.6 Å². The summed E-state index contributed by atoms with van der Waals surface area (Å²) in [5.74, 6) is 1.47. The predicted octanol–water partition coefficient (Wildman–Crippen LogP) is 5.75. The molecule has 0 bridgehead atoms. The average Bonchev–Trinajstić information content (AvgIpc) is 3.19. The second-order valence-corrected chi connectivity index (χ2v) is 8.22. The van der Waals surface area contributed by atoms with Crippen molar-refractivity contribution in [3.63, 3.8) is 0 Å². The fraction of sp³-hybridized carbons (Fsp3) is 0.0833. The van der Waals surface area contributed by atoms with Crippen LogP contribution in [0, 0.1) is 0 Å². The zero-order valence-corrected chi connectivity index (χ0v) is 19.4. The number of aryl methyl sites for hydroxylation is 1. The van der Waals surface area contributed by atoms with Crippen LogP contribution in [0.15, 0.2) is 65.7 Å². The molecule has 6 aromatic rings. The molecule has 2 aromatic carbocycles. The number of hydrogen-bond acceptors (Lipinski definition) is 8. The summed E-state index contributed by atoms with van der Waals surface area (Å²) in [6.45, 7) is 2.05. The zero-order valence-electron chi connectivity index (χ0n) is 17.9. The Balaban J connectivity index is 1.43. The van der Waals surface area contributed by atoms with Crippen molar-refractivity contribution in [2.24, 2.45) is 0 Å². The number of hydrogen-bond donors (Lipinski definition) is 1. The molecule has 166 valence electrons. The first-order valence-corrected chi connectivity index (χ1v) is 11.3. The highest BCUT2D eigenvalue weighted by Crippen LogP contribution is 2.38. The van der Waals surface area contributed by atoms with E-state index in [1.165, 1.54) is 0 Å². The quantitative estimate of drug-likeness (QED) is 0.309. The summed E-state index contributed by atoms with van der Waals surface area (Å²) in [6, 6.07) is 11.1. The Bertz CT molecular complexity index is 1690. The zero-order chi connectivity index (χ0) is 23.1. The molecule has 6 rings (SSSR count). The molecule has 0 saturated carbocycles. The van der Waals surface area contributed by atoms with Crippen LogP contribution in [0.4, 0.5) is 0 Å². The molecule has 4 heterocycles. The first kappa shape index (κ1) is 20.4. The number of benzene rings is 2. The highest BCUT2D eigenvalue weighted by atomic mass is 79.9. The number of halogens is 1. The fourth-order valence-electron chi connectivity index (χ4n) is 3.65. The minimum absolute atomic E-state index is 0.141. The Morgan fingerprint density at radius 3 is 1.97 bits per heavy atom. The third-order valence-electron chi connectivity index (χ3n) is 5.27. The van der Waals surface area contributed by atoms with Gasteiger partial charge in [-0.25, -0.2) is 0 Å². The number of rotatable bonds is 5. The lowest BCUT2D eigenvalue weighted by Crippen LogP contribution is -1.97. The topological polar surface area (TPSA) is 112 Å². The van der Waals surface area contributed by atoms with E-state index in [2.05, 4.69) is 57.7 Å². The molecule has 0 atom stereocenters. The van der Waals surface area contributed by atoms with Gasteiger partial charge in [-0.1, -0.05) is 6.92 Å². The molecule has 0 saturated heterocycles. The maximum absolute atomic E-state index is 6.22. The highest BCUT2D eigenvalue weighted by molar-refractivity contribution is 9.10. The SMILES string of the molecule is CCc1[nH]c2nc(Oc3ccc4nccnc4c3)nc(Oc3ccc4nccnc4c3)c2c1Br. The standard InChI is InChI=1S/C24H16BrN7O2/c1-2-15-21(25)20-22(30-15)31-24(34-14-4-6-17-19(12-14)29-10-8-27-17)32-23(20)33-13-3-5-16-18(11-13)28-9-7-26-16/h3-12H,2H2,1H3,(H,30,31,32). The first-order valence-electron chi connectivity index (χ1n) is 10.5. The number of aromatic amines is 1. The summed E-state index contributed by atoms with van der Waals surface area (Å²) in [5, 5.41) is 0.729. The second kappa shape index (κ2) is 8.31. The Hall–Kier alpha value is -4.18. The molecule has 0 spiro atoms. The van der Waals surface area contributed by atoms with Crippen molar-refractivity contribution in [1.29, 1.82) is 0 Å². The Labute approximate surface area is 201 Å². The van der Waals surface area contributed by atoms with Gasteiger partial charge in [-0.3, -0.25) is 19.9 Å². The monoisotopic (exact) mass is 513 g/mol. The molecule has 0 amide bonds. The molecule has 10 heteroatoms. The van der Waals surface area contributed by atoms with Crippen molar-refractivity contribution >= 4 is 49.0 Å². The van der Waals surface area contributed by atoms with Crippen LogP contribution in [-0.4, -0.2) is 34.9 Å². The summed E-state index contributed by atoms with van der Waals surface area (Å²) in [6.07, 6.45) is 7.36. The molecule has 4 aromatic heterocycles. The molecule has 0 aliphatic heterocycles. The van der Waals surface area contributed by atoms with Gasteiger partial charge in [0, 0.05) is 42.6 Å². The molecular formula is C24H16BrN7O2. The van der Waals surface area contributed by atoms with E-state index in [1.807, 2.05) is 24.3 Å². The lowest BCUT2D eigenvalue weighted by molar-refractivity contribution is 0.417. The van der Waals surface area contributed by atoms with Gasteiger partial charge in [0.05, 0.1) is 31.9 Å². The smallest absolute Gasteiger partial charge is 0.327 e. The summed E-state index contributed by atoms with van der Waals surface area (Å²) in [4.78, 5) is 29.7. The Morgan fingerprint density at radius 1 is 0.765 bits per heavy atom. The number of H-pyrrole nitrogens is 1. The van der Waals surface area contributed by atoms with Gasteiger partial charge >= 0.3 is 6.01 Å². The Kier molecular flexibility index (Phi) is 4.99. The lowest BCUT2D eigenvalue weighted by Gasteiger charge is -2.10. The third-order valence-corrected chi connectivity index (χ3v) is 6.14. The van der Waals surface area contributed by atoms with Crippen LogP contribution >= 0.6 is 15.9 Å². The minimum atomic E-state index is 0.141. The maximum Gasteiger partial charge on any atom is 0.327 e. The normalized spacial score (nSPS) is 11.4. The van der Waals surface area contributed by atoms with Crippen LogP contribution in [0.25, 0.3) is 33.1 Å². The van der Waals surface area contributed by atoms with E-state index in [0.29, 0.717) is 28.5 Å². The van der Waals surface area contributed by atoms with Gasteiger partial charge in [0.25, 0.3) is 0 Å². The number of aromatic nitrogens is 7. The van der Waals surface area contributed by atoms with Crippen molar-refractivity contribution in [1.82, 2.24) is 34.9 Å². The minimum Gasteiger partial charge on any atom is -0.438 e. The third kappa shape index (κ3) is 3.67. The first-order chi connectivity index (χ1) is 16.7. The Morgan fingerprint density at radius 2 is 1.35 bits per heavy atom. The average molecular weight is 514 g/mol. The molecular weight excluding hydrogens is 498 g/mol. The van der Waals surface area contributed by atoms with Crippen LogP contribution < -0.4 is 9.47 Å². The van der Waals surface area contributed by atoms with Gasteiger partial charge in [0.15, 0.2) is 0 Å². The number of ether oxygens (including phenoxy) is 2. The van der Waals surface area contributed by atoms with Crippen LogP contribution in [0.5, 0.6) is 23.4 Å². The summed E-state index contributed by atoms with van der Waals surface area (Å²) in [5.41, 5.74) is 4.58. The molecule has 34 heavy (non-hydrogen) atoms. The van der Waals surface area contributed by atoms with E-state index in [0.717, 1.165) is 38.5 Å². The van der Waals surface area contributed by atoms with E-state index < -0.39 is 0 Å². The highest BCUT2D eigenvalue weighted by Gasteiger charge is 2.19. The van der Waals surface area contributed by atoms with Gasteiger partial charge in [-0.05, 0) is 46.6 Å². The molecule has 0 aliphatic carbocycles. The van der Waals surface area contributed by atoms with Gasteiger partial charge in [0.2, 0.25) is 5.88 Å². The summed E-state index contributed by atoms with van der Waals surface area (Å²) in [7, 11) is 0. The van der Waals surface area contributed by atoms with E-state index in [4.69, 9.17) is 9.47 Å². The van der Waals surface area contributed by atoms with Crippen LogP contribution in [0.2, 0.25) is 0 Å². The molecule has 0 radical (unpaired) electrons. The van der Waals surface area contributed by atoms with Crippen molar-refractivity contribution in [3.05, 3.63) is 71.4 Å². The second-order valence-electron chi connectivity index (χ2n) is 7.42. The fourth-order valence-corrected chi connectivity index (χ4v) is 4.39. The lowest BCUT2D eigenvalue weighted by atomic mass is 10.3. The molecule has 0 aliphatic rings. The van der Waals surface area contributed by atoms with Gasteiger partial charge in [0.1, 0.15) is 17.1 Å². The molecule has 0 unspecified atom stereocenters. The molecule has 0 fully saturated rings. The number of nitrogens with zero attached hydrogens (tertiary/aromatic N) is 6. The van der Waals surface area contributed by atoms with Gasteiger partial charge in [-0.2, -0.15) is 9.97 Å². The summed E-state index contributed by atoms with van der Waals surface area (Å²) < 4.78 is 13.1.